The Balaban J connectivity index is 2.65. The van der Waals surface area contributed by atoms with E-state index in [1.165, 1.54) is 13.2 Å². The van der Waals surface area contributed by atoms with Gasteiger partial charge in [0.15, 0.2) is 0 Å². The SMILES string of the molecule is COc1cc(C(F)(F)F)c(-c2cc(C(=O)O)[nH]n2)cc1Br. The monoisotopic (exact) mass is 364 g/mol. The van der Waals surface area contributed by atoms with Gasteiger partial charge in [-0.3, -0.25) is 5.10 Å². The number of alkyl halides is 3. The van der Waals surface area contributed by atoms with Crippen LogP contribution in [0, 0.1) is 0 Å². The highest BCUT2D eigenvalue weighted by Crippen LogP contribution is 2.41. The first-order valence-corrected chi connectivity index (χ1v) is 6.27. The number of aromatic amines is 1. The Morgan fingerprint density at radius 2 is 2.05 bits per heavy atom. The molecule has 0 amide bonds. The highest BCUT2D eigenvalue weighted by molar-refractivity contribution is 9.10. The number of H-pyrrole nitrogens is 1. The third-order valence-electron chi connectivity index (χ3n) is 2.68. The number of rotatable bonds is 3. The van der Waals surface area contributed by atoms with E-state index in [1.54, 1.807) is 0 Å². The second-order valence-corrected chi connectivity index (χ2v) is 4.86. The molecule has 1 aromatic carbocycles. The molecule has 0 unspecified atom stereocenters. The smallest absolute Gasteiger partial charge is 0.417 e. The van der Waals surface area contributed by atoms with Gasteiger partial charge in [0.05, 0.1) is 22.8 Å². The van der Waals surface area contributed by atoms with Crippen LogP contribution in [-0.4, -0.2) is 28.4 Å². The number of carboxylic acids is 1. The van der Waals surface area contributed by atoms with E-state index >= 15 is 0 Å². The molecule has 0 atom stereocenters. The lowest BCUT2D eigenvalue weighted by atomic mass is 10.0. The minimum atomic E-state index is -4.63. The fraction of sp³-hybridized carbons (Fsp3) is 0.167. The summed E-state index contributed by atoms with van der Waals surface area (Å²) in [4.78, 5) is 10.8. The Morgan fingerprint density at radius 3 is 2.52 bits per heavy atom. The van der Waals surface area contributed by atoms with Crippen LogP contribution < -0.4 is 4.74 Å². The molecule has 1 heterocycles. The van der Waals surface area contributed by atoms with Gasteiger partial charge in [0.1, 0.15) is 11.4 Å². The lowest BCUT2D eigenvalue weighted by Crippen LogP contribution is -2.08. The Hall–Kier alpha value is -2.03. The van der Waals surface area contributed by atoms with E-state index in [1.807, 2.05) is 0 Å². The van der Waals surface area contributed by atoms with Crippen molar-refractivity contribution in [2.24, 2.45) is 0 Å². The number of hydrogen-bond acceptors (Lipinski definition) is 3. The molecule has 0 saturated heterocycles. The summed E-state index contributed by atoms with van der Waals surface area (Å²) in [7, 11) is 1.25. The van der Waals surface area contributed by atoms with Crippen molar-refractivity contribution < 1.29 is 27.8 Å². The molecule has 0 bridgehead atoms. The number of nitrogens with zero attached hydrogens (tertiary/aromatic N) is 1. The van der Waals surface area contributed by atoms with Crippen LogP contribution in [0.1, 0.15) is 16.1 Å². The van der Waals surface area contributed by atoms with E-state index in [9.17, 15) is 18.0 Å². The lowest BCUT2D eigenvalue weighted by molar-refractivity contribution is -0.137. The Labute approximate surface area is 124 Å². The summed E-state index contributed by atoms with van der Waals surface area (Å²) >= 11 is 3.09. The maximum absolute atomic E-state index is 13.1. The summed E-state index contributed by atoms with van der Waals surface area (Å²) in [6.45, 7) is 0. The van der Waals surface area contributed by atoms with Crippen molar-refractivity contribution in [2.45, 2.75) is 6.18 Å². The topological polar surface area (TPSA) is 75.2 Å². The van der Waals surface area contributed by atoms with Crippen molar-refractivity contribution >= 4 is 21.9 Å². The van der Waals surface area contributed by atoms with Crippen LogP contribution in [0.5, 0.6) is 5.75 Å². The zero-order chi connectivity index (χ0) is 15.8. The van der Waals surface area contributed by atoms with Crippen LogP contribution in [0.3, 0.4) is 0 Å². The highest BCUT2D eigenvalue weighted by Gasteiger charge is 2.35. The van der Waals surface area contributed by atoms with Crippen molar-refractivity contribution in [1.82, 2.24) is 10.2 Å². The summed E-state index contributed by atoms with van der Waals surface area (Å²) in [5, 5.41) is 14.6. The van der Waals surface area contributed by atoms with Gasteiger partial charge in [0, 0.05) is 5.56 Å². The average Bonchev–Trinajstić information content (AvgIpc) is 2.86. The van der Waals surface area contributed by atoms with Crippen LogP contribution in [0.2, 0.25) is 0 Å². The van der Waals surface area contributed by atoms with Gasteiger partial charge < -0.3 is 9.84 Å². The largest absolute Gasteiger partial charge is 0.496 e. The molecule has 0 spiro atoms. The maximum Gasteiger partial charge on any atom is 0.417 e. The second-order valence-electron chi connectivity index (χ2n) is 4.00. The number of aromatic nitrogens is 2. The summed E-state index contributed by atoms with van der Waals surface area (Å²) in [6, 6.07) is 3.05. The summed E-state index contributed by atoms with van der Waals surface area (Å²) in [5.74, 6) is -1.30. The lowest BCUT2D eigenvalue weighted by Gasteiger charge is -2.14. The van der Waals surface area contributed by atoms with Gasteiger partial charge in [-0.25, -0.2) is 4.79 Å². The first-order valence-electron chi connectivity index (χ1n) is 5.48. The minimum absolute atomic E-state index is 0.0140. The van der Waals surface area contributed by atoms with Crippen LogP contribution >= 0.6 is 15.9 Å². The van der Waals surface area contributed by atoms with Crippen LogP contribution in [0.25, 0.3) is 11.3 Å². The van der Waals surface area contributed by atoms with Gasteiger partial charge in [-0.15, -0.1) is 0 Å². The van der Waals surface area contributed by atoms with Crippen molar-refractivity contribution in [3.05, 3.63) is 33.9 Å². The zero-order valence-electron chi connectivity index (χ0n) is 10.5. The molecule has 1 aromatic heterocycles. The van der Waals surface area contributed by atoms with Gasteiger partial charge in [-0.2, -0.15) is 18.3 Å². The van der Waals surface area contributed by atoms with Crippen molar-refractivity contribution in [1.29, 1.82) is 0 Å². The number of carboxylic acid groups (broad SMARTS) is 1. The first-order chi connectivity index (χ1) is 9.74. The molecule has 5 nitrogen and oxygen atoms in total. The van der Waals surface area contributed by atoms with Crippen LogP contribution in [0.15, 0.2) is 22.7 Å². The molecule has 0 saturated carbocycles. The molecule has 0 aliphatic rings. The molecular weight excluding hydrogens is 357 g/mol. The molecule has 2 aromatic rings. The fourth-order valence-electron chi connectivity index (χ4n) is 1.73. The van der Waals surface area contributed by atoms with Crippen molar-refractivity contribution in [3.8, 4) is 17.0 Å². The number of ether oxygens (including phenoxy) is 1. The third kappa shape index (κ3) is 3.02. The molecule has 0 radical (unpaired) electrons. The quantitative estimate of drug-likeness (QED) is 0.872. The summed E-state index contributed by atoms with van der Waals surface area (Å²) in [6.07, 6.45) is -4.63. The average molecular weight is 365 g/mol. The number of nitrogens with one attached hydrogen (secondary N) is 1. The molecule has 2 rings (SSSR count). The van der Waals surface area contributed by atoms with Gasteiger partial charge in [-0.05, 0) is 34.1 Å². The Morgan fingerprint density at radius 1 is 1.38 bits per heavy atom. The number of halogens is 4. The number of aromatic carboxylic acids is 1. The number of carbonyl (C=O) groups is 1. The van der Waals surface area contributed by atoms with E-state index in [2.05, 4.69) is 26.1 Å². The van der Waals surface area contributed by atoms with E-state index in [0.29, 0.717) is 4.47 Å². The minimum Gasteiger partial charge on any atom is -0.496 e. The number of hydrogen-bond donors (Lipinski definition) is 2. The first kappa shape index (κ1) is 15.4. The van der Waals surface area contributed by atoms with E-state index in [0.717, 1.165) is 12.1 Å². The Bertz CT molecular complexity index is 698. The van der Waals surface area contributed by atoms with Gasteiger partial charge in [0.25, 0.3) is 0 Å². The predicted molar refractivity (Wildman–Crippen MR) is 70.2 cm³/mol. The normalized spacial score (nSPS) is 11.5. The van der Waals surface area contributed by atoms with Gasteiger partial charge in [-0.1, -0.05) is 0 Å². The van der Waals surface area contributed by atoms with Gasteiger partial charge in [0.2, 0.25) is 0 Å². The summed E-state index contributed by atoms with van der Waals surface area (Å²) < 4.78 is 44.5. The van der Waals surface area contributed by atoms with Crippen molar-refractivity contribution in [3.63, 3.8) is 0 Å². The number of methoxy groups -OCH3 is 1. The van der Waals surface area contributed by atoms with E-state index < -0.39 is 17.7 Å². The zero-order valence-corrected chi connectivity index (χ0v) is 12.0. The highest BCUT2D eigenvalue weighted by atomic mass is 79.9. The second kappa shape index (κ2) is 5.40. The van der Waals surface area contributed by atoms with Crippen molar-refractivity contribution in [2.75, 3.05) is 7.11 Å². The maximum atomic E-state index is 13.1. The molecular formula is C12H8BrF3N2O3. The molecule has 2 N–H and O–H groups in total. The molecule has 9 heteroatoms. The molecule has 21 heavy (non-hydrogen) atoms. The van der Waals surface area contributed by atoms with E-state index in [-0.39, 0.29) is 22.7 Å². The fourth-order valence-corrected chi connectivity index (χ4v) is 2.23. The molecule has 0 aliphatic carbocycles. The number of benzene rings is 1. The molecule has 0 fully saturated rings. The standard InChI is InChI=1S/C12H8BrF3N2O3/c1-21-10-3-6(12(14,15)16)5(2-7(10)13)8-4-9(11(19)20)18-17-8/h2-4H,1H3,(H,17,18)(H,19,20). The van der Waals surface area contributed by atoms with Crippen LogP contribution in [0.4, 0.5) is 13.2 Å². The Kier molecular flexibility index (Phi) is 3.95. The molecule has 112 valence electrons. The van der Waals surface area contributed by atoms with Gasteiger partial charge >= 0.3 is 12.1 Å². The summed E-state index contributed by atoms with van der Waals surface area (Å²) in [5.41, 5.74) is -1.64. The molecule has 0 aliphatic heterocycles. The van der Waals surface area contributed by atoms with Crippen LogP contribution in [-0.2, 0) is 6.18 Å². The predicted octanol–water partition coefficient (Wildman–Crippen LogP) is 3.56. The third-order valence-corrected chi connectivity index (χ3v) is 3.30. The van der Waals surface area contributed by atoms with E-state index in [4.69, 9.17) is 9.84 Å².